The van der Waals surface area contributed by atoms with Crippen molar-refractivity contribution in [2.75, 3.05) is 11.9 Å². The van der Waals surface area contributed by atoms with E-state index in [4.69, 9.17) is 0 Å². The molecule has 7 nitrogen and oxygen atoms in total. The molecule has 0 aromatic heterocycles. The molecule has 0 spiro atoms. The third kappa shape index (κ3) is 3.72. The van der Waals surface area contributed by atoms with Crippen LogP contribution in [0.3, 0.4) is 0 Å². The van der Waals surface area contributed by atoms with Gasteiger partial charge in [-0.2, -0.15) is 0 Å². The Morgan fingerprint density at radius 2 is 1.81 bits per heavy atom. The molecular formula is C20H25N3O4. The lowest BCUT2D eigenvalue weighted by molar-refractivity contribution is -0.145. The SMILES string of the molecule is Cc1ccc(NC(=O)CN2C(=O)C(=O)N([C@@H]3CCCC[C@H]3C)C2=O)c(C)c1. The number of imide groups is 2. The first-order valence-electron chi connectivity index (χ1n) is 9.35. The number of anilines is 1. The predicted octanol–water partition coefficient (Wildman–Crippen LogP) is 2.61. The lowest BCUT2D eigenvalue weighted by atomic mass is 9.85. The maximum atomic E-state index is 12.7. The monoisotopic (exact) mass is 371 g/mol. The first-order valence-corrected chi connectivity index (χ1v) is 9.35. The van der Waals surface area contributed by atoms with Crippen molar-refractivity contribution in [3.8, 4) is 0 Å². The van der Waals surface area contributed by atoms with Crippen LogP contribution in [0, 0.1) is 19.8 Å². The fraction of sp³-hybridized carbons (Fsp3) is 0.500. The Bertz CT molecular complexity index is 804. The number of rotatable bonds is 4. The number of benzene rings is 1. The van der Waals surface area contributed by atoms with Gasteiger partial charge in [0.1, 0.15) is 6.54 Å². The van der Waals surface area contributed by atoms with E-state index in [0.717, 1.165) is 40.2 Å². The number of carbonyl (C=O) groups excluding carboxylic acids is 4. The number of urea groups is 1. The number of aryl methyl sites for hydroxylation is 2. The Kier molecular flexibility index (Phi) is 5.30. The fourth-order valence-corrected chi connectivity index (χ4v) is 3.92. The van der Waals surface area contributed by atoms with Gasteiger partial charge in [-0.15, -0.1) is 0 Å². The molecular weight excluding hydrogens is 346 g/mol. The van der Waals surface area contributed by atoms with E-state index in [2.05, 4.69) is 5.32 Å². The van der Waals surface area contributed by atoms with E-state index in [1.54, 1.807) is 6.07 Å². The van der Waals surface area contributed by atoms with Gasteiger partial charge in [0.15, 0.2) is 0 Å². The zero-order valence-corrected chi connectivity index (χ0v) is 15.9. The first-order chi connectivity index (χ1) is 12.8. The topological polar surface area (TPSA) is 86.8 Å². The summed E-state index contributed by atoms with van der Waals surface area (Å²) >= 11 is 0. The maximum Gasteiger partial charge on any atom is 0.334 e. The van der Waals surface area contributed by atoms with E-state index in [1.165, 1.54) is 0 Å². The summed E-state index contributed by atoms with van der Waals surface area (Å²) < 4.78 is 0. The van der Waals surface area contributed by atoms with Crippen LogP contribution in [0.5, 0.6) is 0 Å². The molecule has 2 fully saturated rings. The van der Waals surface area contributed by atoms with Crippen molar-refractivity contribution in [1.29, 1.82) is 0 Å². The molecule has 27 heavy (non-hydrogen) atoms. The largest absolute Gasteiger partial charge is 0.334 e. The molecule has 3 rings (SSSR count). The minimum absolute atomic E-state index is 0.156. The molecule has 2 aliphatic rings. The van der Waals surface area contributed by atoms with Crippen LogP contribution in [-0.4, -0.2) is 46.1 Å². The van der Waals surface area contributed by atoms with Crippen LogP contribution in [0.25, 0.3) is 0 Å². The second-order valence-electron chi connectivity index (χ2n) is 7.54. The molecule has 1 aromatic carbocycles. The van der Waals surface area contributed by atoms with Gasteiger partial charge in [-0.25, -0.2) is 9.69 Å². The summed E-state index contributed by atoms with van der Waals surface area (Å²) in [6.07, 6.45) is 3.61. The molecule has 1 saturated carbocycles. The smallest absolute Gasteiger partial charge is 0.324 e. The maximum absolute atomic E-state index is 12.7. The number of hydrogen-bond acceptors (Lipinski definition) is 4. The third-order valence-electron chi connectivity index (χ3n) is 5.44. The van der Waals surface area contributed by atoms with Gasteiger partial charge in [0.05, 0.1) is 0 Å². The molecule has 144 valence electrons. The van der Waals surface area contributed by atoms with Crippen molar-refractivity contribution >= 4 is 29.4 Å². The Morgan fingerprint density at radius 1 is 1.11 bits per heavy atom. The fourth-order valence-electron chi connectivity index (χ4n) is 3.92. The van der Waals surface area contributed by atoms with Gasteiger partial charge in [-0.3, -0.25) is 19.3 Å². The lowest BCUT2D eigenvalue weighted by Crippen LogP contribution is -2.46. The number of carbonyl (C=O) groups is 4. The highest BCUT2D eigenvalue weighted by molar-refractivity contribution is 6.45. The Morgan fingerprint density at radius 3 is 2.48 bits per heavy atom. The van der Waals surface area contributed by atoms with Gasteiger partial charge < -0.3 is 5.32 Å². The van der Waals surface area contributed by atoms with Crippen LogP contribution in [-0.2, 0) is 14.4 Å². The minimum Gasteiger partial charge on any atom is -0.324 e. The van der Waals surface area contributed by atoms with Gasteiger partial charge in [0, 0.05) is 11.7 Å². The molecule has 7 heteroatoms. The standard InChI is InChI=1S/C20H25N3O4/c1-12-8-9-15(14(3)10-12)21-17(24)11-22-18(25)19(26)23(20(22)27)16-7-5-4-6-13(16)2/h8-10,13,16H,4-7,11H2,1-3H3,(H,21,24)/t13-,16-/m1/s1. The van der Waals surface area contributed by atoms with E-state index in [0.29, 0.717) is 12.1 Å². The Labute approximate surface area is 158 Å². The lowest BCUT2D eigenvalue weighted by Gasteiger charge is -2.34. The molecule has 1 N–H and O–H groups in total. The van der Waals surface area contributed by atoms with E-state index < -0.39 is 30.3 Å². The van der Waals surface area contributed by atoms with Gasteiger partial charge in [0.2, 0.25) is 5.91 Å². The van der Waals surface area contributed by atoms with E-state index in [9.17, 15) is 19.2 Å². The van der Waals surface area contributed by atoms with Crippen LogP contribution in [0.4, 0.5) is 10.5 Å². The summed E-state index contributed by atoms with van der Waals surface area (Å²) in [6.45, 7) is 5.34. The quantitative estimate of drug-likeness (QED) is 0.651. The molecule has 0 radical (unpaired) electrons. The summed E-state index contributed by atoms with van der Waals surface area (Å²) in [5.41, 5.74) is 2.57. The van der Waals surface area contributed by atoms with Crippen LogP contribution in [0.15, 0.2) is 18.2 Å². The number of amides is 5. The van der Waals surface area contributed by atoms with E-state index in [-0.39, 0.29) is 12.0 Å². The summed E-state index contributed by atoms with van der Waals surface area (Å²) in [7, 11) is 0. The molecule has 0 bridgehead atoms. The normalized spacial score (nSPS) is 23.1. The zero-order chi connectivity index (χ0) is 19.7. The summed E-state index contributed by atoms with van der Waals surface area (Å²) in [5.74, 6) is -2.09. The number of hydrogen-bond donors (Lipinski definition) is 1. The average Bonchev–Trinajstić information content (AvgIpc) is 2.82. The van der Waals surface area contributed by atoms with Gasteiger partial charge >= 0.3 is 17.8 Å². The summed E-state index contributed by atoms with van der Waals surface area (Å²) in [4.78, 5) is 51.6. The molecule has 1 heterocycles. The first kappa shape index (κ1) is 19.1. The molecule has 1 aliphatic heterocycles. The van der Waals surface area contributed by atoms with E-state index >= 15 is 0 Å². The molecule has 1 aromatic rings. The van der Waals surface area contributed by atoms with E-state index in [1.807, 2.05) is 32.9 Å². The predicted molar refractivity (Wildman–Crippen MR) is 99.9 cm³/mol. The van der Waals surface area contributed by atoms with Crippen LogP contribution in [0.2, 0.25) is 0 Å². The molecule has 5 amide bonds. The third-order valence-corrected chi connectivity index (χ3v) is 5.44. The van der Waals surface area contributed by atoms with Crippen molar-refractivity contribution in [1.82, 2.24) is 9.80 Å². The van der Waals surface area contributed by atoms with Crippen molar-refractivity contribution in [3.63, 3.8) is 0 Å². The highest BCUT2D eigenvalue weighted by Gasteiger charge is 2.49. The van der Waals surface area contributed by atoms with Crippen molar-refractivity contribution in [3.05, 3.63) is 29.3 Å². The average molecular weight is 371 g/mol. The summed E-state index contributed by atoms with van der Waals surface area (Å²) in [6, 6.07) is 4.62. The molecule has 0 unspecified atom stereocenters. The van der Waals surface area contributed by atoms with Crippen molar-refractivity contribution in [2.45, 2.75) is 52.5 Å². The molecule has 1 saturated heterocycles. The van der Waals surface area contributed by atoms with Gasteiger partial charge in [0.25, 0.3) is 0 Å². The zero-order valence-electron chi connectivity index (χ0n) is 15.9. The van der Waals surface area contributed by atoms with Gasteiger partial charge in [-0.05, 0) is 44.2 Å². The van der Waals surface area contributed by atoms with Crippen LogP contribution < -0.4 is 5.32 Å². The van der Waals surface area contributed by atoms with Crippen molar-refractivity contribution < 1.29 is 19.2 Å². The highest BCUT2D eigenvalue weighted by Crippen LogP contribution is 2.31. The second kappa shape index (κ2) is 7.50. The number of nitrogens with zero attached hydrogens (tertiary/aromatic N) is 2. The molecule has 1 aliphatic carbocycles. The van der Waals surface area contributed by atoms with Crippen LogP contribution >= 0.6 is 0 Å². The Hall–Kier alpha value is -2.70. The number of nitrogens with one attached hydrogen (secondary N) is 1. The van der Waals surface area contributed by atoms with Gasteiger partial charge in [-0.1, -0.05) is 37.5 Å². The Balaban J connectivity index is 1.71. The molecule has 2 atom stereocenters. The summed E-state index contributed by atoms with van der Waals surface area (Å²) in [5, 5.41) is 2.71. The van der Waals surface area contributed by atoms with Crippen LogP contribution in [0.1, 0.15) is 43.7 Å². The van der Waals surface area contributed by atoms with Crippen molar-refractivity contribution in [2.24, 2.45) is 5.92 Å². The minimum atomic E-state index is -0.923. The second-order valence-corrected chi connectivity index (χ2v) is 7.54. The highest BCUT2D eigenvalue weighted by atomic mass is 16.2.